The van der Waals surface area contributed by atoms with E-state index in [1.807, 2.05) is 0 Å². The van der Waals surface area contributed by atoms with E-state index in [-0.39, 0.29) is 18.0 Å². The number of halogens is 1. The van der Waals surface area contributed by atoms with Crippen LogP contribution in [0.3, 0.4) is 0 Å². The highest BCUT2D eigenvalue weighted by atomic mass is 19.1. The van der Waals surface area contributed by atoms with Gasteiger partial charge in [-0.3, -0.25) is 0 Å². The topological polar surface area (TPSA) is 58.8 Å². The molecule has 0 bridgehead atoms. The summed E-state index contributed by atoms with van der Waals surface area (Å²) in [6.45, 7) is 2.34. The summed E-state index contributed by atoms with van der Waals surface area (Å²) in [6, 6.07) is 1.63. The molecule has 0 aliphatic carbocycles. The second kappa shape index (κ2) is 4.48. The Hall–Kier alpha value is -1.54. The molecule has 0 aliphatic heterocycles. The van der Waals surface area contributed by atoms with Gasteiger partial charge in [0.2, 0.25) is 0 Å². The minimum Gasteiger partial charge on any atom is -0.375 e. The molecule has 4 nitrogen and oxygen atoms in total. The van der Waals surface area contributed by atoms with E-state index < -0.39 is 5.82 Å². The predicted octanol–water partition coefficient (Wildman–Crippen LogP) is 1.02. The van der Waals surface area contributed by atoms with Crippen molar-refractivity contribution in [3.63, 3.8) is 0 Å². The Labute approximate surface area is 75.0 Å². The maximum absolute atomic E-state index is 13.2. The molecule has 0 unspecified atom stereocenters. The monoisotopic (exact) mass is 181 g/mol. The van der Waals surface area contributed by atoms with Gasteiger partial charge in [-0.1, -0.05) is 0 Å². The van der Waals surface area contributed by atoms with Crippen LogP contribution in [-0.2, 0) is 11.3 Å². The quantitative estimate of drug-likeness (QED) is 0.698. The molecular weight excluding hydrogens is 173 g/mol. The summed E-state index contributed by atoms with van der Waals surface area (Å²) < 4.78 is 18.1. The molecule has 5 heteroatoms. The highest BCUT2D eigenvalue weighted by molar-refractivity contribution is 5.23. The van der Waals surface area contributed by atoms with Gasteiger partial charge in [0.05, 0.1) is 6.61 Å². The van der Waals surface area contributed by atoms with E-state index in [0.29, 0.717) is 6.61 Å². The van der Waals surface area contributed by atoms with E-state index >= 15 is 0 Å². The van der Waals surface area contributed by atoms with Crippen molar-refractivity contribution in [3.8, 4) is 6.07 Å². The molecule has 0 N–H and O–H groups in total. The van der Waals surface area contributed by atoms with Gasteiger partial charge in [0.15, 0.2) is 11.5 Å². The second-order valence-electron chi connectivity index (χ2n) is 2.23. The van der Waals surface area contributed by atoms with Crippen molar-refractivity contribution in [1.29, 1.82) is 5.26 Å². The second-order valence-corrected chi connectivity index (χ2v) is 2.23. The number of rotatable bonds is 3. The lowest BCUT2D eigenvalue weighted by molar-refractivity contribution is 0.128. The Morgan fingerprint density at radius 2 is 2.38 bits per heavy atom. The Morgan fingerprint density at radius 1 is 1.62 bits per heavy atom. The summed E-state index contributed by atoms with van der Waals surface area (Å²) in [7, 11) is 0. The van der Waals surface area contributed by atoms with Crippen molar-refractivity contribution in [3.05, 3.63) is 23.5 Å². The van der Waals surface area contributed by atoms with Crippen molar-refractivity contribution in [2.45, 2.75) is 13.5 Å². The van der Waals surface area contributed by atoms with Gasteiger partial charge in [-0.15, -0.1) is 0 Å². The van der Waals surface area contributed by atoms with Crippen molar-refractivity contribution in [2.24, 2.45) is 0 Å². The van der Waals surface area contributed by atoms with Crippen LogP contribution in [0.15, 0.2) is 6.33 Å². The summed E-state index contributed by atoms with van der Waals surface area (Å²) in [5.41, 5.74) is -0.127. The standard InChI is InChI=1S/C8H8FN3O/c1-2-13-4-7-8(9)6(3-10)11-5-12-7/h5H,2,4H2,1H3. The molecule has 1 rings (SSSR count). The summed E-state index contributed by atoms with van der Waals surface area (Å²) in [5, 5.41) is 8.45. The van der Waals surface area contributed by atoms with Gasteiger partial charge >= 0.3 is 0 Å². The molecule has 0 aliphatic rings. The van der Waals surface area contributed by atoms with Gasteiger partial charge in [0.25, 0.3) is 0 Å². The maximum atomic E-state index is 13.2. The van der Waals surface area contributed by atoms with Crippen LogP contribution in [0, 0.1) is 17.1 Å². The van der Waals surface area contributed by atoms with E-state index in [1.165, 1.54) is 0 Å². The van der Waals surface area contributed by atoms with Crippen LogP contribution in [-0.4, -0.2) is 16.6 Å². The van der Waals surface area contributed by atoms with Gasteiger partial charge < -0.3 is 4.74 Å². The Bertz CT molecular complexity index is 335. The summed E-state index contributed by atoms with van der Waals surface area (Å²) >= 11 is 0. The van der Waals surface area contributed by atoms with Crippen molar-refractivity contribution < 1.29 is 9.13 Å². The summed E-state index contributed by atoms with van der Waals surface area (Å²) in [5.74, 6) is -0.696. The molecule has 0 atom stereocenters. The predicted molar refractivity (Wildman–Crippen MR) is 42.0 cm³/mol. The molecule has 1 aromatic rings. The first-order valence-corrected chi connectivity index (χ1v) is 3.76. The number of hydrogen-bond acceptors (Lipinski definition) is 4. The van der Waals surface area contributed by atoms with Crippen molar-refractivity contribution >= 4 is 0 Å². The van der Waals surface area contributed by atoms with Gasteiger partial charge in [0.1, 0.15) is 18.1 Å². The van der Waals surface area contributed by atoms with Crippen LogP contribution in [0.5, 0.6) is 0 Å². The molecule has 0 spiro atoms. The number of nitrogens with zero attached hydrogens (tertiary/aromatic N) is 3. The molecule has 0 aromatic carbocycles. The molecule has 0 saturated heterocycles. The van der Waals surface area contributed by atoms with Crippen molar-refractivity contribution in [2.75, 3.05) is 6.61 Å². The van der Waals surface area contributed by atoms with Gasteiger partial charge in [0, 0.05) is 6.61 Å². The zero-order chi connectivity index (χ0) is 9.68. The van der Waals surface area contributed by atoms with Crippen LogP contribution in [0.4, 0.5) is 4.39 Å². The first-order chi connectivity index (χ1) is 6.29. The van der Waals surface area contributed by atoms with Crippen LogP contribution in [0.1, 0.15) is 18.3 Å². The highest BCUT2D eigenvalue weighted by Gasteiger charge is 2.09. The van der Waals surface area contributed by atoms with E-state index in [9.17, 15) is 4.39 Å². The fourth-order valence-electron chi connectivity index (χ4n) is 0.784. The molecule has 1 heterocycles. The highest BCUT2D eigenvalue weighted by Crippen LogP contribution is 2.07. The first-order valence-electron chi connectivity index (χ1n) is 3.76. The molecule has 68 valence electrons. The average molecular weight is 181 g/mol. The van der Waals surface area contributed by atoms with Gasteiger partial charge in [-0.2, -0.15) is 5.26 Å². The molecule has 0 amide bonds. The smallest absolute Gasteiger partial charge is 0.183 e. The van der Waals surface area contributed by atoms with Gasteiger partial charge in [-0.25, -0.2) is 14.4 Å². The maximum Gasteiger partial charge on any atom is 0.183 e. The number of ether oxygens (including phenoxy) is 1. The number of nitriles is 1. The third-order valence-corrected chi connectivity index (χ3v) is 1.41. The van der Waals surface area contributed by atoms with Crippen LogP contribution in [0.25, 0.3) is 0 Å². The van der Waals surface area contributed by atoms with Crippen molar-refractivity contribution in [1.82, 2.24) is 9.97 Å². The van der Waals surface area contributed by atoms with E-state index in [0.717, 1.165) is 6.33 Å². The fraction of sp³-hybridized carbons (Fsp3) is 0.375. The lowest BCUT2D eigenvalue weighted by atomic mass is 10.3. The Kier molecular flexibility index (Phi) is 3.29. The molecule has 0 fully saturated rings. The van der Waals surface area contributed by atoms with Crippen LogP contribution in [0.2, 0.25) is 0 Å². The summed E-state index contributed by atoms with van der Waals surface area (Å²) in [4.78, 5) is 7.12. The third-order valence-electron chi connectivity index (χ3n) is 1.41. The van der Waals surface area contributed by atoms with E-state index in [2.05, 4.69) is 9.97 Å². The molecule has 0 saturated carbocycles. The van der Waals surface area contributed by atoms with Gasteiger partial charge in [-0.05, 0) is 6.92 Å². The zero-order valence-electron chi connectivity index (χ0n) is 7.12. The number of aromatic nitrogens is 2. The Balaban J connectivity index is 2.90. The minimum absolute atomic E-state index is 0.0690. The SMILES string of the molecule is CCOCc1ncnc(C#N)c1F. The zero-order valence-corrected chi connectivity index (χ0v) is 7.12. The molecule has 0 radical (unpaired) electrons. The fourth-order valence-corrected chi connectivity index (χ4v) is 0.784. The van der Waals surface area contributed by atoms with E-state index in [1.54, 1.807) is 13.0 Å². The average Bonchev–Trinajstić information content (AvgIpc) is 2.16. The molecule has 1 aromatic heterocycles. The third kappa shape index (κ3) is 2.20. The minimum atomic E-state index is -0.696. The van der Waals surface area contributed by atoms with Crippen LogP contribution < -0.4 is 0 Å². The lowest BCUT2D eigenvalue weighted by Crippen LogP contribution is -2.02. The lowest BCUT2D eigenvalue weighted by Gasteiger charge is -2.01. The number of hydrogen-bond donors (Lipinski definition) is 0. The molecule has 13 heavy (non-hydrogen) atoms. The first kappa shape index (κ1) is 9.55. The normalized spacial score (nSPS) is 9.62. The summed E-state index contributed by atoms with van der Waals surface area (Å²) in [6.07, 6.45) is 1.15. The largest absolute Gasteiger partial charge is 0.375 e. The Morgan fingerprint density at radius 3 is 3.00 bits per heavy atom. The molecular formula is C8H8FN3O. The van der Waals surface area contributed by atoms with E-state index in [4.69, 9.17) is 10.00 Å². The van der Waals surface area contributed by atoms with Crippen LogP contribution >= 0.6 is 0 Å².